The molecule has 1 saturated heterocycles. The van der Waals surface area contributed by atoms with Crippen molar-refractivity contribution in [2.24, 2.45) is 5.41 Å². The Bertz CT molecular complexity index is 714. The minimum atomic E-state index is -3.54. The summed E-state index contributed by atoms with van der Waals surface area (Å²) in [5.74, 6) is -0.224. The van der Waals surface area contributed by atoms with Gasteiger partial charge in [0, 0.05) is 18.2 Å². The molecule has 3 N–H and O–H groups in total. The zero-order valence-electron chi connectivity index (χ0n) is 14.4. The highest BCUT2D eigenvalue weighted by Crippen LogP contribution is 2.27. The fourth-order valence-electron chi connectivity index (χ4n) is 2.90. The number of halogens is 1. The lowest BCUT2D eigenvalue weighted by Gasteiger charge is -2.34. The van der Waals surface area contributed by atoms with Crippen LogP contribution in [0.5, 0.6) is 0 Å². The molecule has 0 spiro atoms. The fraction of sp³-hybridized carbons (Fsp3) is 0.588. The van der Waals surface area contributed by atoms with Gasteiger partial charge in [-0.3, -0.25) is 4.79 Å². The monoisotopic (exact) mass is 387 g/mol. The molecule has 0 unspecified atom stereocenters. The molecular weight excluding hydrogens is 362 g/mol. The van der Waals surface area contributed by atoms with E-state index < -0.39 is 10.0 Å². The maximum Gasteiger partial charge on any atom is 0.251 e. The summed E-state index contributed by atoms with van der Waals surface area (Å²) in [6.45, 7) is 4.71. The number of benzene rings is 1. The first-order valence-corrected chi connectivity index (χ1v) is 9.98. The largest absolute Gasteiger partial charge is 0.351 e. The summed E-state index contributed by atoms with van der Waals surface area (Å²) < 4.78 is 27.2. The van der Waals surface area contributed by atoms with Crippen molar-refractivity contribution in [2.45, 2.75) is 43.5 Å². The number of nitrogens with one attached hydrogen (secondary N) is 3. The van der Waals surface area contributed by atoms with Crippen LogP contribution in [0.1, 0.15) is 43.0 Å². The van der Waals surface area contributed by atoms with Gasteiger partial charge in [-0.25, -0.2) is 13.1 Å². The predicted molar refractivity (Wildman–Crippen MR) is 99.6 cm³/mol. The second-order valence-corrected chi connectivity index (χ2v) is 8.88. The predicted octanol–water partition coefficient (Wildman–Crippen LogP) is 1.67. The Morgan fingerprint density at radius 1 is 1.28 bits per heavy atom. The van der Waals surface area contributed by atoms with Crippen LogP contribution in [-0.2, 0) is 10.0 Å². The third-order valence-corrected chi connectivity index (χ3v) is 6.31. The molecule has 0 bridgehead atoms. The van der Waals surface area contributed by atoms with Gasteiger partial charge in [0.25, 0.3) is 5.91 Å². The smallest absolute Gasteiger partial charge is 0.251 e. The van der Waals surface area contributed by atoms with E-state index in [1.165, 1.54) is 12.1 Å². The molecule has 6 nitrogen and oxygen atoms in total. The van der Waals surface area contributed by atoms with Crippen LogP contribution in [0.2, 0.25) is 0 Å². The van der Waals surface area contributed by atoms with Gasteiger partial charge in [-0.05, 0) is 62.4 Å². The number of carbonyl (C=O) groups is 1. The van der Waals surface area contributed by atoms with Crippen LogP contribution in [0.25, 0.3) is 0 Å². The molecule has 2 fully saturated rings. The van der Waals surface area contributed by atoms with E-state index in [2.05, 4.69) is 22.3 Å². The topological polar surface area (TPSA) is 87.3 Å². The molecule has 1 saturated carbocycles. The number of amides is 1. The van der Waals surface area contributed by atoms with Crippen LogP contribution in [-0.4, -0.2) is 40.0 Å². The van der Waals surface area contributed by atoms with Crippen LogP contribution >= 0.6 is 12.4 Å². The Morgan fingerprint density at radius 2 is 1.96 bits per heavy atom. The molecule has 8 heteroatoms. The Hall–Kier alpha value is -1.15. The van der Waals surface area contributed by atoms with Crippen molar-refractivity contribution in [2.75, 3.05) is 19.6 Å². The van der Waals surface area contributed by atoms with Crippen molar-refractivity contribution in [1.29, 1.82) is 0 Å². The number of piperidine rings is 1. The van der Waals surface area contributed by atoms with Gasteiger partial charge in [0.1, 0.15) is 0 Å². The van der Waals surface area contributed by atoms with E-state index in [0.29, 0.717) is 12.1 Å². The van der Waals surface area contributed by atoms with Crippen LogP contribution < -0.4 is 15.4 Å². The third-order valence-electron chi connectivity index (χ3n) is 4.79. The van der Waals surface area contributed by atoms with Crippen molar-refractivity contribution < 1.29 is 13.2 Å². The number of hydrogen-bond acceptors (Lipinski definition) is 4. The number of carbonyl (C=O) groups excluding carboxylic acids is 1. The van der Waals surface area contributed by atoms with E-state index in [9.17, 15) is 13.2 Å². The van der Waals surface area contributed by atoms with Gasteiger partial charge in [-0.15, -0.1) is 12.4 Å². The molecule has 3 rings (SSSR count). The van der Waals surface area contributed by atoms with Crippen molar-refractivity contribution in [3.05, 3.63) is 29.8 Å². The SMILES string of the molecule is CC1(CNC(=O)c2cccc(S(=O)(=O)NC3CC3)c2)CCNCC1.Cl. The molecule has 1 aliphatic carbocycles. The zero-order chi connectivity index (χ0) is 17.2. The van der Waals surface area contributed by atoms with Gasteiger partial charge in [0.15, 0.2) is 0 Å². The zero-order valence-corrected chi connectivity index (χ0v) is 16.0. The van der Waals surface area contributed by atoms with E-state index in [0.717, 1.165) is 38.8 Å². The molecule has 25 heavy (non-hydrogen) atoms. The number of hydrogen-bond donors (Lipinski definition) is 3. The lowest BCUT2D eigenvalue weighted by atomic mass is 9.81. The summed E-state index contributed by atoms with van der Waals surface area (Å²) in [6, 6.07) is 6.28. The first kappa shape index (κ1) is 20.2. The quantitative estimate of drug-likeness (QED) is 0.692. The highest BCUT2D eigenvalue weighted by atomic mass is 35.5. The standard InChI is InChI=1S/C17H25N3O3S.ClH/c1-17(7-9-18-10-8-17)12-19-16(21)13-3-2-4-15(11-13)24(22,23)20-14-5-6-14;/h2-4,11,14,18,20H,5-10,12H2,1H3,(H,19,21);1H. The summed E-state index contributed by atoms with van der Waals surface area (Å²) >= 11 is 0. The summed E-state index contributed by atoms with van der Waals surface area (Å²) in [5, 5.41) is 6.28. The Balaban J connectivity index is 0.00000225. The molecule has 1 aromatic rings. The van der Waals surface area contributed by atoms with E-state index in [1.807, 2.05) is 0 Å². The molecule has 2 aliphatic rings. The van der Waals surface area contributed by atoms with Crippen molar-refractivity contribution in [1.82, 2.24) is 15.4 Å². The fourth-order valence-corrected chi connectivity index (χ4v) is 4.25. The number of sulfonamides is 1. The van der Waals surface area contributed by atoms with Gasteiger partial charge in [-0.2, -0.15) is 0 Å². The van der Waals surface area contributed by atoms with Crippen LogP contribution in [0.4, 0.5) is 0 Å². The molecule has 140 valence electrons. The Kier molecular flexibility index (Phi) is 6.48. The summed E-state index contributed by atoms with van der Waals surface area (Å²) in [7, 11) is -3.54. The van der Waals surface area contributed by atoms with E-state index in [1.54, 1.807) is 12.1 Å². The summed E-state index contributed by atoms with van der Waals surface area (Å²) in [5.41, 5.74) is 0.476. The average molecular weight is 388 g/mol. The Morgan fingerprint density at radius 3 is 2.60 bits per heavy atom. The molecular formula is C17H26ClN3O3S. The molecule has 1 aliphatic heterocycles. The first-order valence-electron chi connectivity index (χ1n) is 8.49. The van der Waals surface area contributed by atoms with Crippen molar-refractivity contribution >= 4 is 28.3 Å². The molecule has 0 radical (unpaired) electrons. The van der Waals surface area contributed by atoms with E-state index in [-0.39, 0.29) is 34.7 Å². The highest BCUT2D eigenvalue weighted by molar-refractivity contribution is 7.89. The summed E-state index contributed by atoms with van der Waals surface area (Å²) in [6.07, 6.45) is 3.81. The number of rotatable bonds is 6. The molecule has 1 aromatic carbocycles. The van der Waals surface area contributed by atoms with E-state index >= 15 is 0 Å². The second kappa shape index (κ2) is 8.03. The van der Waals surface area contributed by atoms with Gasteiger partial charge in [0.2, 0.25) is 10.0 Å². The van der Waals surface area contributed by atoms with Gasteiger partial charge >= 0.3 is 0 Å². The third kappa shape index (κ3) is 5.41. The molecule has 1 heterocycles. The van der Waals surface area contributed by atoms with Gasteiger partial charge in [-0.1, -0.05) is 13.0 Å². The van der Waals surface area contributed by atoms with Crippen LogP contribution in [0.3, 0.4) is 0 Å². The van der Waals surface area contributed by atoms with Crippen molar-refractivity contribution in [3.63, 3.8) is 0 Å². The molecule has 0 atom stereocenters. The second-order valence-electron chi connectivity index (χ2n) is 7.17. The van der Waals surface area contributed by atoms with E-state index in [4.69, 9.17) is 0 Å². The minimum Gasteiger partial charge on any atom is -0.351 e. The van der Waals surface area contributed by atoms with Crippen LogP contribution in [0, 0.1) is 5.41 Å². The van der Waals surface area contributed by atoms with Crippen LogP contribution in [0.15, 0.2) is 29.2 Å². The van der Waals surface area contributed by atoms with Gasteiger partial charge in [0.05, 0.1) is 4.90 Å². The lowest BCUT2D eigenvalue weighted by Crippen LogP contribution is -2.42. The minimum absolute atomic E-state index is 0. The average Bonchev–Trinajstić information content (AvgIpc) is 3.37. The highest BCUT2D eigenvalue weighted by Gasteiger charge is 2.29. The summed E-state index contributed by atoms with van der Waals surface area (Å²) in [4.78, 5) is 12.5. The lowest BCUT2D eigenvalue weighted by molar-refractivity contribution is 0.0922. The molecule has 1 amide bonds. The maximum absolute atomic E-state index is 12.4. The first-order chi connectivity index (χ1) is 11.4. The van der Waals surface area contributed by atoms with Crippen molar-refractivity contribution in [3.8, 4) is 0 Å². The Labute approximate surface area is 155 Å². The normalized spacial score (nSPS) is 19.7. The molecule has 0 aromatic heterocycles. The van der Waals surface area contributed by atoms with Gasteiger partial charge < -0.3 is 10.6 Å². The maximum atomic E-state index is 12.4.